The first kappa shape index (κ1) is 14.9. The van der Waals surface area contributed by atoms with Crippen molar-refractivity contribution in [2.24, 2.45) is 0 Å². The van der Waals surface area contributed by atoms with Gasteiger partial charge in [0.25, 0.3) is 5.91 Å². The molecule has 5 nitrogen and oxygen atoms in total. The Balaban J connectivity index is 1.68. The number of rotatable bonds is 2. The molecule has 3 heterocycles. The van der Waals surface area contributed by atoms with Crippen LogP contribution in [0.25, 0.3) is 11.0 Å². The highest BCUT2D eigenvalue weighted by molar-refractivity contribution is 5.97. The predicted octanol–water partition coefficient (Wildman–Crippen LogP) is 3.63. The maximum atomic E-state index is 13.1. The van der Waals surface area contributed by atoms with Crippen molar-refractivity contribution < 1.29 is 4.79 Å². The second kappa shape index (κ2) is 6.07. The van der Waals surface area contributed by atoms with E-state index in [1.807, 2.05) is 36.1 Å². The lowest BCUT2D eigenvalue weighted by molar-refractivity contribution is 0.0611. The van der Waals surface area contributed by atoms with E-state index in [1.165, 1.54) is 5.56 Å². The second-order valence-corrected chi connectivity index (χ2v) is 6.35. The maximum Gasteiger partial charge on any atom is 0.255 e. The number of likely N-dealkylation sites (tertiary alicyclic amines) is 1. The van der Waals surface area contributed by atoms with Gasteiger partial charge in [-0.25, -0.2) is 4.98 Å². The number of carbonyl (C=O) groups is 1. The van der Waals surface area contributed by atoms with E-state index in [9.17, 15) is 4.79 Å². The molecular weight excluding hydrogens is 300 g/mol. The first-order valence-corrected chi connectivity index (χ1v) is 8.40. The number of H-pyrrole nitrogens is 1. The Morgan fingerprint density at radius 1 is 1.25 bits per heavy atom. The number of pyridine rings is 1. The average Bonchev–Trinajstić information content (AvgIpc) is 3.02. The Labute approximate surface area is 140 Å². The van der Waals surface area contributed by atoms with Gasteiger partial charge in [0, 0.05) is 18.1 Å². The van der Waals surface area contributed by atoms with E-state index < -0.39 is 0 Å². The third-order valence-corrected chi connectivity index (χ3v) is 4.80. The Kier molecular flexibility index (Phi) is 3.76. The van der Waals surface area contributed by atoms with Crippen molar-refractivity contribution in [1.82, 2.24) is 20.1 Å². The van der Waals surface area contributed by atoms with Crippen molar-refractivity contribution in [3.8, 4) is 0 Å². The van der Waals surface area contributed by atoms with Crippen LogP contribution in [0.2, 0.25) is 0 Å². The number of aromatic amines is 1. The average molecular weight is 320 g/mol. The van der Waals surface area contributed by atoms with E-state index in [2.05, 4.69) is 27.3 Å². The molecule has 0 spiro atoms. The first-order valence-electron chi connectivity index (χ1n) is 8.40. The van der Waals surface area contributed by atoms with Gasteiger partial charge in [-0.05, 0) is 37.8 Å². The summed E-state index contributed by atoms with van der Waals surface area (Å²) in [4.78, 5) is 19.5. The molecule has 1 fully saturated rings. The van der Waals surface area contributed by atoms with Crippen molar-refractivity contribution in [2.75, 3.05) is 6.54 Å². The molecule has 1 aliphatic rings. The van der Waals surface area contributed by atoms with Crippen molar-refractivity contribution in [3.63, 3.8) is 0 Å². The van der Waals surface area contributed by atoms with Crippen LogP contribution in [0.5, 0.6) is 0 Å². The van der Waals surface area contributed by atoms with Gasteiger partial charge in [0.2, 0.25) is 0 Å². The van der Waals surface area contributed by atoms with Crippen molar-refractivity contribution >= 4 is 16.9 Å². The number of nitrogens with one attached hydrogen (secondary N) is 1. The summed E-state index contributed by atoms with van der Waals surface area (Å²) in [5.74, 6) is 0.0542. The molecule has 1 aromatic carbocycles. The number of piperidine rings is 1. The number of aromatic nitrogens is 3. The second-order valence-electron chi connectivity index (χ2n) is 6.35. The summed E-state index contributed by atoms with van der Waals surface area (Å²) < 4.78 is 0. The van der Waals surface area contributed by atoms with Crippen molar-refractivity contribution in [2.45, 2.75) is 32.2 Å². The zero-order valence-corrected chi connectivity index (χ0v) is 13.7. The predicted molar refractivity (Wildman–Crippen MR) is 92.7 cm³/mol. The molecule has 0 aliphatic carbocycles. The minimum absolute atomic E-state index is 0.0542. The number of aryl methyl sites for hydroxylation is 1. The highest BCUT2D eigenvalue weighted by atomic mass is 16.2. The molecule has 0 radical (unpaired) electrons. The monoisotopic (exact) mass is 320 g/mol. The molecule has 0 saturated carbocycles. The Bertz CT molecular complexity index is 871. The normalized spacial score (nSPS) is 18.0. The van der Waals surface area contributed by atoms with Gasteiger partial charge in [0.15, 0.2) is 5.65 Å². The van der Waals surface area contributed by atoms with Gasteiger partial charge in [-0.2, -0.15) is 5.10 Å². The first-order chi connectivity index (χ1) is 11.7. The lowest BCUT2D eigenvalue weighted by Crippen LogP contribution is -2.38. The van der Waals surface area contributed by atoms with Gasteiger partial charge >= 0.3 is 0 Å². The summed E-state index contributed by atoms with van der Waals surface area (Å²) in [6.07, 6.45) is 4.87. The van der Waals surface area contributed by atoms with E-state index >= 15 is 0 Å². The smallest absolute Gasteiger partial charge is 0.255 e. The van der Waals surface area contributed by atoms with E-state index in [1.54, 1.807) is 6.20 Å². The van der Waals surface area contributed by atoms with Crippen LogP contribution in [0, 0.1) is 6.92 Å². The van der Waals surface area contributed by atoms with Crippen LogP contribution in [0.3, 0.4) is 0 Å². The van der Waals surface area contributed by atoms with Gasteiger partial charge < -0.3 is 4.90 Å². The zero-order valence-electron chi connectivity index (χ0n) is 13.7. The van der Waals surface area contributed by atoms with Gasteiger partial charge in [-0.1, -0.05) is 30.3 Å². The summed E-state index contributed by atoms with van der Waals surface area (Å²) in [5.41, 5.74) is 3.43. The molecule has 2 aromatic heterocycles. The minimum Gasteiger partial charge on any atom is -0.332 e. The molecule has 1 saturated heterocycles. The van der Waals surface area contributed by atoms with Gasteiger partial charge in [-0.3, -0.25) is 9.89 Å². The number of hydrogen-bond acceptors (Lipinski definition) is 3. The molecule has 1 atom stereocenters. The third-order valence-electron chi connectivity index (χ3n) is 4.80. The summed E-state index contributed by atoms with van der Waals surface area (Å²) in [5, 5.41) is 7.95. The highest BCUT2D eigenvalue weighted by Gasteiger charge is 2.29. The zero-order chi connectivity index (χ0) is 16.5. The quantitative estimate of drug-likeness (QED) is 0.784. The van der Waals surface area contributed by atoms with Crippen LogP contribution in [0.15, 0.2) is 42.6 Å². The Morgan fingerprint density at radius 2 is 2.08 bits per heavy atom. The Morgan fingerprint density at radius 3 is 2.92 bits per heavy atom. The maximum absolute atomic E-state index is 13.1. The SMILES string of the molecule is Cc1n[nH]c2ncc(C(=O)N3CCCC[C@H]3c3ccccc3)cc12. The van der Waals surface area contributed by atoms with Gasteiger partial charge in [0.05, 0.1) is 17.3 Å². The molecular formula is C19H20N4O. The van der Waals surface area contributed by atoms with E-state index in [0.29, 0.717) is 5.56 Å². The number of amides is 1. The standard InChI is InChI=1S/C19H20N4O/c1-13-16-11-15(12-20-18(16)22-21-13)19(24)23-10-6-5-9-17(23)14-7-3-2-4-8-14/h2-4,7-8,11-12,17H,5-6,9-10H2,1H3,(H,20,21,22)/t17-/m0/s1. The molecule has 1 N–H and O–H groups in total. The largest absolute Gasteiger partial charge is 0.332 e. The van der Waals surface area contributed by atoms with Crippen LogP contribution in [-0.2, 0) is 0 Å². The fourth-order valence-corrected chi connectivity index (χ4v) is 3.51. The number of nitrogens with zero attached hydrogens (tertiary/aromatic N) is 3. The van der Waals surface area contributed by atoms with Crippen LogP contribution < -0.4 is 0 Å². The number of fused-ring (bicyclic) bond motifs is 1. The molecule has 0 bridgehead atoms. The third kappa shape index (κ3) is 2.56. The molecule has 3 aromatic rings. The number of carbonyl (C=O) groups excluding carboxylic acids is 1. The van der Waals surface area contributed by atoms with Crippen LogP contribution in [-0.4, -0.2) is 32.5 Å². The fraction of sp³-hybridized carbons (Fsp3) is 0.316. The van der Waals surface area contributed by atoms with Crippen molar-refractivity contribution in [1.29, 1.82) is 0 Å². The molecule has 0 unspecified atom stereocenters. The van der Waals surface area contributed by atoms with E-state index in [-0.39, 0.29) is 11.9 Å². The van der Waals surface area contributed by atoms with Crippen LogP contribution in [0.1, 0.15) is 46.9 Å². The lowest BCUT2D eigenvalue weighted by Gasteiger charge is -2.36. The molecule has 4 rings (SSSR count). The molecule has 122 valence electrons. The highest BCUT2D eigenvalue weighted by Crippen LogP contribution is 2.32. The summed E-state index contributed by atoms with van der Waals surface area (Å²) in [6.45, 7) is 2.71. The molecule has 5 heteroatoms. The van der Waals surface area contributed by atoms with E-state index in [0.717, 1.165) is 42.5 Å². The summed E-state index contributed by atoms with van der Waals surface area (Å²) >= 11 is 0. The fourth-order valence-electron chi connectivity index (χ4n) is 3.51. The summed E-state index contributed by atoms with van der Waals surface area (Å²) in [6, 6.07) is 12.4. The van der Waals surface area contributed by atoms with Crippen LogP contribution in [0.4, 0.5) is 0 Å². The molecule has 1 amide bonds. The molecule has 1 aliphatic heterocycles. The van der Waals surface area contributed by atoms with Gasteiger partial charge in [-0.15, -0.1) is 0 Å². The summed E-state index contributed by atoms with van der Waals surface area (Å²) in [7, 11) is 0. The van der Waals surface area contributed by atoms with E-state index in [4.69, 9.17) is 0 Å². The van der Waals surface area contributed by atoms with Crippen molar-refractivity contribution in [3.05, 3.63) is 59.4 Å². The molecule has 24 heavy (non-hydrogen) atoms. The number of hydrogen-bond donors (Lipinski definition) is 1. The Hall–Kier alpha value is -2.69. The number of benzene rings is 1. The van der Waals surface area contributed by atoms with Crippen LogP contribution >= 0.6 is 0 Å². The minimum atomic E-state index is 0.0542. The topological polar surface area (TPSA) is 61.9 Å². The van der Waals surface area contributed by atoms with Gasteiger partial charge in [0.1, 0.15) is 0 Å². The lowest BCUT2D eigenvalue weighted by atomic mass is 9.94.